The van der Waals surface area contributed by atoms with Gasteiger partial charge in [0.25, 0.3) is 0 Å². The van der Waals surface area contributed by atoms with Crippen LogP contribution >= 0.6 is 0 Å². The van der Waals surface area contributed by atoms with Gasteiger partial charge in [-0.05, 0) is 30.2 Å². The van der Waals surface area contributed by atoms with Crippen molar-refractivity contribution in [3.05, 3.63) is 60.7 Å². The molecular formula is C25H26N2O3. The molecule has 0 aliphatic heterocycles. The number of para-hydroxylation sites is 2. The van der Waals surface area contributed by atoms with E-state index < -0.39 is 0 Å². The van der Waals surface area contributed by atoms with Gasteiger partial charge in [0.05, 0.1) is 11.4 Å². The minimum atomic E-state index is -0.178. The first-order valence-electron chi connectivity index (χ1n) is 10.2. The van der Waals surface area contributed by atoms with Crippen LogP contribution in [0.15, 0.2) is 65.1 Å². The Morgan fingerprint density at radius 2 is 1.87 bits per heavy atom. The molecule has 0 unspecified atom stereocenters. The molecule has 0 spiro atoms. The Kier molecular flexibility index (Phi) is 5.72. The number of nitrogens with zero attached hydrogens (tertiary/aromatic N) is 1. The number of benzene rings is 3. The van der Waals surface area contributed by atoms with Crippen LogP contribution in [0, 0.1) is 0 Å². The van der Waals surface area contributed by atoms with Gasteiger partial charge in [0.15, 0.2) is 0 Å². The van der Waals surface area contributed by atoms with Gasteiger partial charge in [0, 0.05) is 37.0 Å². The summed E-state index contributed by atoms with van der Waals surface area (Å²) in [6, 6.07) is 20.4. The number of hydrogen-bond acceptors (Lipinski definition) is 4. The number of rotatable bonds is 7. The van der Waals surface area contributed by atoms with Gasteiger partial charge in [-0.25, -0.2) is 0 Å². The molecule has 1 amide bonds. The third-order valence-electron chi connectivity index (χ3n) is 5.23. The molecule has 0 aliphatic carbocycles. The molecule has 0 saturated carbocycles. The quantitative estimate of drug-likeness (QED) is 0.432. The average Bonchev–Trinajstić information content (AvgIpc) is 3.13. The van der Waals surface area contributed by atoms with E-state index in [0.29, 0.717) is 0 Å². The molecule has 0 atom stereocenters. The molecule has 4 aromatic rings. The lowest BCUT2D eigenvalue weighted by atomic mass is 10.0. The fourth-order valence-corrected chi connectivity index (χ4v) is 3.88. The lowest BCUT2D eigenvalue weighted by molar-refractivity contribution is -0.119. The minimum Gasteiger partial charge on any atom is -0.455 e. The molecule has 5 nitrogen and oxygen atoms in total. The van der Waals surface area contributed by atoms with Crippen molar-refractivity contribution in [2.24, 2.45) is 0 Å². The Morgan fingerprint density at radius 1 is 1.07 bits per heavy atom. The van der Waals surface area contributed by atoms with E-state index in [-0.39, 0.29) is 12.5 Å². The van der Waals surface area contributed by atoms with Crippen LogP contribution in [0.3, 0.4) is 0 Å². The van der Waals surface area contributed by atoms with Crippen LogP contribution in [0.5, 0.6) is 0 Å². The molecule has 5 heteroatoms. The molecule has 1 heterocycles. The minimum absolute atomic E-state index is 0.0142. The molecule has 0 fully saturated rings. The predicted octanol–water partition coefficient (Wildman–Crippen LogP) is 5.68. The summed E-state index contributed by atoms with van der Waals surface area (Å²) in [5.41, 5.74) is 5.44. The van der Waals surface area contributed by atoms with Crippen molar-refractivity contribution in [1.82, 2.24) is 0 Å². The van der Waals surface area contributed by atoms with Crippen LogP contribution in [0.1, 0.15) is 13.3 Å². The molecule has 0 saturated heterocycles. The van der Waals surface area contributed by atoms with E-state index in [0.717, 1.165) is 57.4 Å². The number of nitrogens with one attached hydrogen (secondary N) is 1. The summed E-state index contributed by atoms with van der Waals surface area (Å²) in [6.07, 6.45) is 1.02. The molecule has 0 bridgehead atoms. The summed E-state index contributed by atoms with van der Waals surface area (Å²) >= 11 is 0. The van der Waals surface area contributed by atoms with Crippen LogP contribution in [0.25, 0.3) is 33.1 Å². The molecule has 3 aromatic carbocycles. The van der Waals surface area contributed by atoms with Gasteiger partial charge in [-0.3, -0.25) is 4.79 Å². The first kappa shape index (κ1) is 20.0. The monoisotopic (exact) mass is 402 g/mol. The zero-order chi connectivity index (χ0) is 21.1. The van der Waals surface area contributed by atoms with Gasteiger partial charge in [0.1, 0.15) is 17.8 Å². The van der Waals surface area contributed by atoms with E-state index in [4.69, 9.17) is 9.15 Å². The summed E-state index contributed by atoms with van der Waals surface area (Å²) in [7, 11) is 3.55. The van der Waals surface area contributed by atoms with Gasteiger partial charge in [0.2, 0.25) is 5.91 Å². The van der Waals surface area contributed by atoms with Crippen molar-refractivity contribution in [2.45, 2.75) is 13.3 Å². The first-order chi connectivity index (χ1) is 14.6. The van der Waals surface area contributed by atoms with E-state index in [1.165, 1.54) is 7.11 Å². The highest BCUT2D eigenvalue weighted by molar-refractivity contribution is 6.10. The summed E-state index contributed by atoms with van der Waals surface area (Å²) in [6.45, 7) is 3.04. The Balaban J connectivity index is 1.83. The van der Waals surface area contributed by atoms with Crippen molar-refractivity contribution in [3.63, 3.8) is 0 Å². The van der Waals surface area contributed by atoms with Gasteiger partial charge >= 0.3 is 0 Å². The second-order valence-corrected chi connectivity index (χ2v) is 7.42. The standard InChI is InChI=1S/C25H26N2O3/c1-4-14-27(2)22-13-12-17(15-21(22)26-24(28)16-29-3)18-9-7-10-20-19-8-5-6-11-23(19)30-25(18)20/h5-13,15H,4,14,16H2,1-3H3,(H,26,28). The Bertz CT molecular complexity index is 1200. The number of hydrogen-bond donors (Lipinski definition) is 1. The molecule has 30 heavy (non-hydrogen) atoms. The van der Waals surface area contributed by atoms with Crippen molar-refractivity contribution in [3.8, 4) is 11.1 Å². The maximum atomic E-state index is 12.2. The lowest BCUT2D eigenvalue weighted by Crippen LogP contribution is -2.22. The largest absolute Gasteiger partial charge is 0.455 e. The van der Waals surface area contributed by atoms with E-state index in [1.54, 1.807) is 0 Å². The zero-order valence-electron chi connectivity index (χ0n) is 17.6. The number of anilines is 2. The Labute approximate surface area is 176 Å². The van der Waals surface area contributed by atoms with Crippen molar-refractivity contribution < 1.29 is 13.9 Å². The van der Waals surface area contributed by atoms with Crippen LogP contribution < -0.4 is 10.2 Å². The zero-order valence-corrected chi connectivity index (χ0v) is 17.6. The first-order valence-corrected chi connectivity index (χ1v) is 10.2. The van der Waals surface area contributed by atoms with E-state index >= 15 is 0 Å². The molecule has 4 rings (SSSR count). The average molecular weight is 402 g/mol. The molecule has 0 aliphatic rings. The third kappa shape index (κ3) is 3.76. The van der Waals surface area contributed by atoms with E-state index in [1.807, 2.05) is 37.4 Å². The summed E-state index contributed by atoms with van der Waals surface area (Å²) in [4.78, 5) is 14.4. The predicted molar refractivity (Wildman–Crippen MR) is 123 cm³/mol. The SMILES string of the molecule is CCCN(C)c1ccc(-c2cccc3c2oc2ccccc23)cc1NC(=O)COC. The number of methoxy groups -OCH3 is 1. The number of carbonyl (C=O) groups excluding carboxylic acids is 1. The third-order valence-corrected chi connectivity index (χ3v) is 5.23. The number of fused-ring (bicyclic) bond motifs is 3. The van der Waals surface area contributed by atoms with Crippen LogP contribution in [0.4, 0.5) is 11.4 Å². The summed E-state index contributed by atoms with van der Waals surface area (Å²) in [5.74, 6) is -0.178. The van der Waals surface area contributed by atoms with Crippen LogP contribution in [0.2, 0.25) is 0 Å². The van der Waals surface area contributed by atoms with Gasteiger partial charge in [-0.15, -0.1) is 0 Å². The second kappa shape index (κ2) is 8.59. The maximum absolute atomic E-state index is 12.2. The lowest BCUT2D eigenvalue weighted by Gasteiger charge is -2.23. The summed E-state index contributed by atoms with van der Waals surface area (Å²) in [5, 5.41) is 5.18. The summed E-state index contributed by atoms with van der Waals surface area (Å²) < 4.78 is 11.2. The molecular weight excluding hydrogens is 376 g/mol. The highest BCUT2D eigenvalue weighted by Gasteiger charge is 2.15. The van der Waals surface area contributed by atoms with Gasteiger partial charge in [-0.2, -0.15) is 0 Å². The fraction of sp³-hybridized carbons (Fsp3) is 0.240. The van der Waals surface area contributed by atoms with Crippen molar-refractivity contribution in [2.75, 3.05) is 37.5 Å². The van der Waals surface area contributed by atoms with Gasteiger partial charge in [-0.1, -0.05) is 49.4 Å². The number of ether oxygens (including phenoxy) is 1. The topological polar surface area (TPSA) is 54.7 Å². The molecule has 1 N–H and O–H groups in total. The highest BCUT2D eigenvalue weighted by Crippen LogP contribution is 2.38. The number of carbonyl (C=O) groups is 1. The Hall–Kier alpha value is -3.31. The normalized spacial score (nSPS) is 11.2. The van der Waals surface area contributed by atoms with E-state index in [2.05, 4.69) is 47.5 Å². The van der Waals surface area contributed by atoms with Gasteiger partial charge < -0.3 is 19.4 Å². The fourth-order valence-electron chi connectivity index (χ4n) is 3.88. The molecule has 154 valence electrons. The smallest absolute Gasteiger partial charge is 0.250 e. The van der Waals surface area contributed by atoms with Crippen molar-refractivity contribution in [1.29, 1.82) is 0 Å². The Morgan fingerprint density at radius 3 is 2.67 bits per heavy atom. The maximum Gasteiger partial charge on any atom is 0.250 e. The number of furan rings is 1. The molecule has 0 radical (unpaired) electrons. The van der Waals surface area contributed by atoms with E-state index in [9.17, 15) is 4.79 Å². The second-order valence-electron chi connectivity index (χ2n) is 7.42. The van der Waals surface area contributed by atoms with Crippen molar-refractivity contribution >= 4 is 39.2 Å². The highest BCUT2D eigenvalue weighted by atomic mass is 16.5. The molecule has 1 aromatic heterocycles. The number of amides is 1. The van der Waals surface area contributed by atoms with Crippen LogP contribution in [-0.2, 0) is 9.53 Å². The van der Waals surface area contributed by atoms with Crippen LogP contribution in [-0.4, -0.2) is 33.2 Å².